The van der Waals surface area contributed by atoms with E-state index in [-0.39, 0.29) is 83.9 Å². The maximum atomic E-state index is 14.8. The van der Waals surface area contributed by atoms with Gasteiger partial charge in [0.25, 0.3) is 5.56 Å². The number of ether oxygens (including phenoxy) is 2. The molecule has 3 aromatic rings. The minimum absolute atomic E-state index is 0. The van der Waals surface area contributed by atoms with Gasteiger partial charge in [0, 0.05) is 36.4 Å². The Labute approximate surface area is 442 Å². The zero-order chi connectivity index (χ0) is 54.2. The molecule has 17 nitrogen and oxygen atoms in total. The summed E-state index contributed by atoms with van der Waals surface area (Å²) in [5.74, 6) is -4.98. The second-order valence-electron chi connectivity index (χ2n) is 17.0. The molecule has 0 fully saturated rings. The van der Waals surface area contributed by atoms with Gasteiger partial charge in [-0.1, -0.05) is 70.9 Å². The van der Waals surface area contributed by atoms with Crippen LogP contribution in [0.5, 0.6) is 0 Å². The van der Waals surface area contributed by atoms with E-state index in [4.69, 9.17) is 20.6 Å². The first-order valence-electron chi connectivity index (χ1n) is 23.1. The van der Waals surface area contributed by atoms with E-state index in [0.29, 0.717) is 53.4 Å². The fraction of sp³-hybridized carbons (Fsp3) is 0.500. The number of aryl methyl sites for hydroxylation is 1. The largest absolute Gasteiger partial charge is 1.00 e. The number of carbonyl (C=O) groups is 6. The number of primary amides is 1. The first-order chi connectivity index (χ1) is 33.2. The third-order valence-corrected chi connectivity index (χ3v) is 12.1. The summed E-state index contributed by atoms with van der Waals surface area (Å²) in [6.45, 7) is 19.9. The monoisotopic (exact) mass is 1040 g/mol. The van der Waals surface area contributed by atoms with Gasteiger partial charge in [-0.3, -0.25) is 29.0 Å². The van der Waals surface area contributed by atoms with E-state index in [9.17, 15) is 56.6 Å². The number of nitrogens with two attached hydrogens (primary N) is 1. The number of aromatic nitrogens is 1. The van der Waals surface area contributed by atoms with Crippen LogP contribution in [0.4, 0.5) is 18.9 Å². The molecule has 0 bridgehead atoms. The quantitative estimate of drug-likeness (QED) is 0.0676. The van der Waals surface area contributed by atoms with Crippen LogP contribution in [0.1, 0.15) is 139 Å². The summed E-state index contributed by atoms with van der Waals surface area (Å²) < 4.78 is 48.4. The average Bonchev–Trinajstić information content (AvgIpc) is 3.31. The number of halogens is 3. The molecule has 0 saturated heterocycles. The smallest absolute Gasteiger partial charge is 0.650 e. The first-order valence-corrected chi connectivity index (χ1v) is 23.7. The summed E-state index contributed by atoms with van der Waals surface area (Å²) >= 11 is 0. The normalized spacial score (nSPS) is 17.7. The predicted octanol–water partition coefficient (Wildman–Crippen LogP) is 3.09. The first kappa shape index (κ1) is 64.7. The number of nitrogens with one attached hydrogen (secondary N) is 2. The third-order valence-electron chi connectivity index (χ3n) is 11.9. The second kappa shape index (κ2) is 28.8. The van der Waals surface area contributed by atoms with Crippen molar-refractivity contribution in [1.82, 2.24) is 15.2 Å². The number of hydrogen-bond acceptors (Lipinski definition) is 12. The maximum absolute atomic E-state index is 14.8. The van der Waals surface area contributed by atoms with E-state index in [1.54, 1.807) is 24.5 Å². The average molecular weight is 1040 g/mol. The number of benzene rings is 2. The molecule has 4 unspecified atom stereocenters. The third kappa shape index (κ3) is 16.9. The summed E-state index contributed by atoms with van der Waals surface area (Å²) in [5, 5.41) is 23.4. The number of carbonyl (C=O) groups excluding carboxylic acids is 6. The van der Waals surface area contributed by atoms with Crippen LogP contribution < -0.4 is 51.5 Å². The van der Waals surface area contributed by atoms with E-state index in [1.807, 2.05) is 58.9 Å². The molecule has 0 saturated carbocycles. The van der Waals surface area contributed by atoms with Crippen LogP contribution >= 0.6 is 9.24 Å². The number of aliphatic hydroxyl groups is 1. The number of carboxylic acid groups (broad SMARTS) is 1. The van der Waals surface area contributed by atoms with Crippen LogP contribution in [0, 0.1) is 19.7 Å². The number of Topliss-reactive ketones (excluding diaryl/α,β-unsaturated/α-hetero) is 1. The van der Waals surface area contributed by atoms with Crippen molar-refractivity contribution in [3.05, 3.63) is 97.2 Å². The molecule has 0 radical (unpaired) electrons. The standard InChI is InChI=1S/C26H29FN2O4.C11H19N3O4.C9H9O2.C2H3F2O2P.C2H6.Na/c1-5-26(32)17-10-21(29(6-2)23(30)16(17)13-33-24(26)31)20-12-25(4)9-7-8-15-14(3)18(27)11-19(28-20)22(15)25;1-4-10(17)13-6(2)11(18)14-8(7(3)15)5-9(12)16;1-8-2-4-9(5-3-8)6-11-7-10;3-2(4,7)1(5)6;1-2;/h10-11,32H,5-9,12-13H2,1-4H3;6,8H,4-5H2,1-3H3,(H2,12,16)(H,13,17)(H,14,18);2-5H,6H2,1H3;7H2,(H,5,6);1-2H3;/q;;-1;;;+1/t25?,26-;;;;;/m0...../s1. The Morgan fingerprint density at radius 1 is 1.06 bits per heavy atom. The number of nitrogens with zero attached hydrogens (tertiary/aromatic N) is 2. The van der Waals surface area contributed by atoms with Gasteiger partial charge in [0.1, 0.15) is 18.5 Å². The van der Waals surface area contributed by atoms with Crippen molar-refractivity contribution in [2.45, 2.75) is 163 Å². The number of carboxylic acids is 1. The zero-order valence-corrected chi connectivity index (χ0v) is 46.0. The van der Waals surface area contributed by atoms with E-state index in [0.717, 1.165) is 45.2 Å². The molecule has 22 heteroatoms. The fourth-order valence-corrected chi connectivity index (χ4v) is 7.97. The number of esters is 1. The van der Waals surface area contributed by atoms with Gasteiger partial charge in [0.15, 0.2) is 11.4 Å². The molecule has 1 aliphatic carbocycles. The van der Waals surface area contributed by atoms with Gasteiger partial charge in [-0.25, -0.2) is 14.0 Å². The van der Waals surface area contributed by atoms with Gasteiger partial charge in [-0.05, 0) is 97.9 Å². The molecule has 1 aromatic heterocycles. The minimum atomic E-state index is -3.67. The van der Waals surface area contributed by atoms with Crippen molar-refractivity contribution in [1.29, 1.82) is 0 Å². The van der Waals surface area contributed by atoms with E-state index in [2.05, 4.69) is 22.3 Å². The van der Waals surface area contributed by atoms with Crippen LogP contribution in [0.3, 0.4) is 0 Å². The van der Waals surface area contributed by atoms with E-state index >= 15 is 0 Å². The van der Waals surface area contributed by atoms with Gasteiger partial charge in [0.05, 0.1) is 41.7 Å². The molecule has 3 heterocycles. The fourth-order valence-electron chi connectivity index (χ4n) is 7.97. The Hall–Kier alpha value is -5.27. The molecule has 390 valence electrons. The van der Waals surface area contributed by atoms with Crippen molar-refractivity contribution in [3.8, 4) is 0 Å². The van der Waals surface area contributed by atoms with Gasteiger partial charge in [-0.15, -0.1) is 0 Å². The molecule has 3 aliphatic rings. The number of pyridine rings is 1. The number of cyclic esters (lactones) is 1. The number of hydrogen-bond donors (Lipinski definition) is 5. The molecule has 2 aromatic carbocycles. The maximum Gasteiger partial charge on any atom is 1.00 e. The number of alkyl halides is 2. The van der Waals surface area contributed by atoms with Crippen LogP contribution in [-0.4, -0.2) is 80.2 Å². The second-order valence-corrected chi connectivity index (χ2v) is 17.8. The Kier molecular flexibility index (Phi) is 25.9. The number of amides is 3. The van der Waals surface area contributed by atoms with Crippen LogP contribution in [0.25, 0.3) is 0 Å². The van der Waals surface area contributed by atoms with E-state index in [1.165, 1.54) is 31.9 Å². The molecule has 0 spiro atoms. The van der Waals surface area contributed by atoms with Crippen molar-refractivity contribution >= 4 is 62.6 Å². The molecule has 3 amide bonds. The molecular weight excluding hydrogens is 974 g/mol. The number of aliphatic imine (C=N–C) groups is 1. The van der Waals surface area contributed by atoms with Gasteiger partial charge >= 0.3 is 47.2 Å². The Morgan fingerprint density at radius 2 is 1.65 bits per heavy atom. The van der Waals surface area contributed by atoms with Crippen molar-refractivity contribution in [2.24, 2.45) is 10.7 Å². The minimum Gasteiger partial charge on any atom is -0.650 e. The van der Waals surface area contributed by atoms with Gasteiger partial charge in [0.2, 0.25) is 17.7 Å². The Bertz CT molecular complexity index is 2540. The Morgan fingerprint density at radius 3 is 2.15 bits per heavy atom. The molecular formula is C50H66F3N5NaO12P. The predicted molar refractivity (Wildman–Crippen MR) is 262 cm³/mol. The number of aliphatic carboxylic acids is 1. The summed E-state index contributed by atoms with van der Waals surface area (Å²) in [4.78, 5) is 94.4. The summed E-state index contributed by atoms with van der Waals surface area (Å²) in [5.41, 5.74) is 6.46. The number of ketones is 1. The molecule has 5 atom stereocenters. The van der Waals surface area contributed by atoms with Crippen molar-refractivity contribution in [3.63, 3.8) is 0 Å². The van der Waals surface area contributed by atoms with E-state index < -0.39 is 47.1 Å². The SMILES string of the molecule is CC.CCC(=O)NC(C)C(=O)NC(CC(N)=O)C(C)=O.CCn1c(C2=Nc3cc(F)c(C)c4c3C(C)(CCC4)C2)cc2c(c1=O)COC(=O)[C@]2(O)CC.Cc1ccc(CO[C-]=O)cc1.O=C(O)C(F)(F)P.[Na+]. The van der Waals surface area contributed by atoms with Crippen molar-refractivity contribution in [2.75, 3.05) is 0 Å². The van der Waals surface area contributed by atoms with Crippen LogP contribution in [0.2, 0.25) is 0 Å². The van der Waals surface area contributed by atoms with Crippen molar-refractivity contribution < 1.29 is 96.0 Å². The topological polar surface area (TPSA) is 263 Å². The summed E-state index contributed by atoms with van der Waals surface area (Å²) in [6.07, 6.45) is 3.46. The molecule has 6 N–H and O–H groups in total. The van der Waals surface area contributed by atoms with Crippen LogP contribution in [0.15, 0.2) is 46.2 Å². The van der Waals surface area contributed by atoms with Gasteiger partial charge in [-0.2, -0.15) is 8.78 Å². The Balaban J connectivity index is 0.000000558. The summed E-state index contributed by atoms with van der Waals surface area (Å²) in [6, 6.07) is 9.31. The molecule has 2 aliphatic heterocycles. The van der Waals surface area contributed by atoms with Gasteiger partial charge < -0.3 is 45.4 Å². The molecule has 72 heavy (non-hydrogen) atoms. The van der Waals surface area contributed by atoms with Crippen LogP contribution in [-0.2, 0) is 80.2 Å². The summed E-state index contributed by atoms with van der Waals surface area (Å²) in [7, 11) is 0.898. The number of fused-ring (bicyclic) bond motifs is 1. The number of rotatable bonds is 14. The molecule has 6 rings (SSSR count). The zero-order valence-electron chi connectivity index (χ0n) is 42.8.